The van der Waals surface area contributed by atoms with E-state index in [0.717, 1.165) is 23.4 Å². The summed E-state index contributed by atoms with van der Waals surface area (Å²) in [6.45, 7) is 6.34. The molecule has 0 radical (unpaired) electrons. The van der Waals surface area contributed by atoms with E-state index in [9.17, 15) is 4.79 Å². The van der Waals surface area contributed by atoms with Gasteiger partial charge in [0.15, 0.2) is 0 Å². The number of benzene rings is 2. The second-order valence-electron chi connectivity index (χ2n) is 6.28. The van der Waals surface area contributed by atoms with Crippen LogP contribution < -0.4 is 10.1 Å². The van der Waals surface area contributed by atoms with Crippen molar-refractivity contribution < 1.29 is 9.53 Å². The molecule has 3 nitrogen and oxygen atoms in total. The van der Waals surface area contributed by atoms with Gasteiger partial charge in [0.1, 0.15) is 5.75 Å². The first-order valence-electron chi connectivity index (χ1n) is 8.03. The van der Waals surface area contributed by atoms with Crippen LogP contribution in [0, 0.1) is 5.92 Å². The Kier molecular flexibility index (Phi) is 5.80. The van der Waals surface area contributed by atoms with Crippen molar-refractivity contribution in [1.29, 1.82) is 0 Å². The van der Waals surface area contributed by atoms with Gasteiger partial charge in [-0.1, -0.05) is 38.1 Å². The van der Waals surface area contributed by atoms with Gasteiger partial charge in [0.25, 0.3) is 0 Å². The SMILES string of the molecule is COc1ccc(NC(=O)[C@@H](C)c2ccc(CC(C)C)cc2)cc1. The van der Waals surface area contributed by atoms with Crippen LogP contribution in [0.1, 0.15) is 37.8 Å². The Labute approximate surface area is 138 Å². The Morgan fingerprint density at radius 2 is 1.61 bits per heavy atom. The van der Waals surface area contributed by atoms with Crippen molar-refractivity contribution in [3.63, 3.8) is 0 Å². The van der Waals surface area contributed by atoms with Crippen LogP contribution in [0.3, 0.4) is 0 Å². The maximum Gasteiger partial charge on any atom is 0.231 e. The summed E-state index contributed by atoms with van der Waals surface area (Å²) in [4.78, 5) is 12.4. The number of carbonyl (C=O) groups excluding carboxylic acids is 1. The molecule has 0 aliphatic heterocycles. The molecule has 0 saturated carbocycles. The number of carbonyl (C=O) groups is 1. The van der Waals surface area contributed by atoms with Crippen LogP contribution in [0.2, 0.25) is 0 Å². The molecule has 0 bridgehead atoms. The minimum absolute atomic E-state index is 0.00761. The van der Waals surface area contributed by atoms with Gasteiger partial charge < -0.3 is 10.1 Å². The highest BCUT2D eigenvalue weighted by molar-refractivity contribution is 5.95. The average molecular weight is 311 g/mol. The number of hydrogen-bond donors (Lipinski definition) is 1. The third kappa shape index (κ3) is 4.85. The van der Waals surface area contributed by atoms with Crippen LogP contribution in [0.25, 0.3) is 0 Å². The van der Waals surface area contributed by atoms with Crippen LogP contribution in [-0.4, -0.2) is 13.0 Å². The van der Waals surface area contributed by atoms with Gasteiger partial charge >= 0.3 is 0 Å². The lowest BCUT2D eigenvalue weighted by Crippen LogP contribution is -2.18. The number of rotatable bonds is 6. The van der Waals surface area contributed by atoms with Gasteiger partial charge in [-0.2, -0.15) is 0 Å². The molecule has 2 aromatic carbocycles. The van der Waals surface area contributed by atoms with Gasteiger partial charge in [-0.15, -0.1) is 0 Å². The molecule has 0 saturated heterocycles. The first kappa shape index (κ1) is 17.1. The van der Waals surface area contributed by atoms with E-state index in [1.165, 1.54) is 5.56 Å². The van der Waals surface area contributed by atoms with E-state index in [2.05, 4.69) is 43.4 Å². The minimum Gasteiger partial charge on any atom is -0.497 e. The second kappa shape index (κ2) is 7.82. The number of anilines is 1. The Morgan fingerprint density at radius 3 is 2.13 bits per heavy atom. The summed E-state index contributed by atoms with van der Waals surface area (Å²) >= 11 is 0. The summed E-state index contributed by atoms with van der Waals surface area (Å²) in [5.41, 5.74) is 3.12. The summed E-state index contributed by atoms with van der Waals surface area (Å²) in [6.07, 6.45) is 1.06. The molecule has 0 aromatic heterocycles. The minimum atomic E-state index is -0.190. The Hall–Kier alpha value is -2.29. The predicted octanol–water partition coefficient (Wildman–Crippen LogP) is 4.64. The van der Waals surface area contributed by atoms with E-state index in [-0.39, 0.29) is 11.8 Å². The van der Waals surface area contributed by atoms with Crippen molar-refractivity contribution in [2.45, 2.75) is 33.1 Å². The average Bonchev–Trinajstić information content (AvgIpc) is 2.55. The van der Waals surface area contributed by atoms with Gasteiger partial charge in [0.2, 0.25) is 5.91 Å². The molecule has 0 fully saturated rings. The van der Waals surface area contributed by atoms with Gasteiger partial charge in [-0.05, 0) is 54.7 Å². The van der Waals surface area contributed by atoms with Crippen molar-refractivity contribution in [3.05, 3.63) is 59.7 Å². The lowest BCUT2D eigenvalue weighted by atomic mass is 9.96. The molecule has 122 valence electrons. The van der Waals surface area contributed by atoms with Crippen LogP contribution in [-0.2, 0) is 11.2 Å². The second-order valence-corrected chi connectivity index (χ2v) is 6.28. The fourth-order valence-electron chi connectivity index (χ4n) is 2.49. The fourth-order valence-corrected chi connectivity index (χ4v) is 2.49. The molecule has 1 N–H and O–H groups in total. The van der Waals surface area contributed by atoms with Crippen molar-refractivity contribution in [3.8, 4) is 5.75 Å². The highest BCUT2D eigenvalue weighted by atomic mass is 16.5. The zero-order chi connectivity index (χ0) is 16.8. The lowest BCUT2D eigenvalue weighted by molar-refractivity contribution is -0.117. The molecule has 1 amide bonds. The zero-order valence-electron chi connectivity index (χ0n) is 14.3. The van der Waals surface area contributed by atoms with Crippen molar-refractivity contribution in [1.82, 2.24) is 0 Å². The predicted molar refractivity (Wildman–Crippen MR) is 95.0 cm³/mol. The maximum atomic E-state index is 12.4. The maximum absolute atomic E-state index is 12.4. The summed E-state index contributed by atoms with van der Waals surface area (Å²) in [6, 6.07) is 15.7. The molecule has 1 atom stereocenters. The van der Waals surface area contributed by atoms with Crippen molar-refractivity contribution in [2.24, 2.45) is 5.92 Å². The monoisotopic (exact) mass is 311 g/mol. The molecule has 3 heteroatoms. The lowest BCUT2D eigenvalue weighted by Gasteiger charge is -2.14. The first-order chi connectivity index (χ1) is 11.0. The van der Waals surface area contributed by atoms with Gasteiger partial charge in [-0.3, -0.25) is 4.79 Å². The molecule has 0 spiro atoms. The van der Waals surface area contributed by atoms with Gasteiger partial charge in [0.05, 0.1) is 13.0 Å². The number of ether oxygens (including phenoxy) is 1. The molecule has 0 unspecified atom stereocenters. The molecule has 23 heavy (non-hydrogen) atoms. The molecular weight excluding hydrogens is 286 g/mol. The first-order valence-corrected chi connectivity index (χ1v) is 8.03. The van der Waals surface area contributed by atoms with E-state index < -0.39 is 0 Å². The molecule has 0 aliphatic carbocycles. The number of hydrogen-bond acceptors (Lipinski definition) is 2. The topological polar surface area (TPSA) is 38.3 Å². The summed E-state index contributed by atoms with van der Waals surface area (Å²) in [7, 11) is 1.62. The summed E-state index contributed by atoms with van der Waals surface area (Å²) in [5, 5.41) is 2.94. The largest absolute Gasteiger partial charge is 0.497 e. The van der Waals surface area contributed by atoms with Gasteiger partial charge in [0, 0.05) is 5.69 Å². The van der Waals surface area contributed by atoms with Crippen LogP contribution in [0.5, 0.6) is 5.75 Å². The summed E-state index contributed by atoms with van der Waals surface area (Å²) < 4.78 is 5.12. The van der Waals surface area contributed by atoms with E-state index in [1.54, 1.807) is 7.11 Å². The third-order valence-electron chi connectivity index (χ3n) is 3.87. The Balaban J connectivity index is 2.00. The number of nitrogens with one attached hydrogen (secondary N) is 1. The van der Waals surface area contributed by atoms with E-state index in [4.69, 9.17) is 4.74 Å². The van der Waals surface area contributed by atoms with E-state index >= 15 is 0 Å². The highest BCUT2D eigenvalue weighted by Gasteiger charge is 2.15. The molecular formula is C20H25NO2. The molecule has 2 rings (SSSR count). The van der Waals surface area contributed by atoms with Crippen LogP contribution in [0.4, 0.5) is 5.69 Å². The number of amides is 1. The molecule has 0 aliphatic rings. The smallest absolute Gasteiger partial charge is 0.231 e. The fraction of sp³-hybridized carbons (Fsp3) is 0.350. The van der Waals surface area contributed by atoms with Gasteiger partial charge in [-0.25, -0.2) is 0 Å². The Morgan fingerprint density at radius 1 is 1.00 bits per heavy atom. The van der Waals surface area contributed by atoms with Crippen LogP contribution in [0.15, 0.2) is 48.5 Å². The third-order valence-corrected chi connectivity index (χ3v) is 3.87. The zero-order valence-corrected chi connectivity index (χ0v) is 14.3. The molecule has 2 aromatic rings. The number of methoxy groups -OCH3 is 1. The van der Waals surface area contributed by atoms with Crippen molar-refractivity contribution in [2.75, 3.05) is 12.4 Å². The highest BCUT2D eigenvalue weighted by Crippen LogP contribution is 2.21. The van der Waals surface area contributed by atoms with E-state index in [1.807, 2.05) is 31.2 Å². The van der Waals surface area contributed by atoms with Crippen LogP contribution >= 0.6 is 0 Å². The van der Waals surface area contributed by atoms with Crippen molar-refractivity contribution >= 4 is 11.6 Å². The molecule has 0 heterocycles. The normalized spacial score (nSPS) is 12.0. The summed E-state index contributed by atoms with van der Waals surface area (Å²) in [5.74, 6) is 1.21. The standard InChI is InChI=1S/C20H25NO2/c1-14(2)13-16-5-7-17(8-6-16)15(3)20(22)21-18-9-11-19(23-4)12-10-18/h5-12,14-15H,13H2,1-4H3,(H,21,22)/t15-/m0/s1. The quantitative estimate of drug-likeness (QED) is 0.844. The Bertz CT molecular complexity index is 630. The van der Waals surface area contributed by atoms with E-state index in [0.29, 0.717) is 5.92 Å².